The molecule has 2 unspecified atom stereocenters. The third-order valence-corrected chi connectivity index (χ3v) is 3.63. The highest BCUT2D eigenvalue weighted by Gasteiger charge is 2.23. The number of carboxylic acids is 1. The van der Waals surface area contributed by atoms with Gasteiger partial charge in [-0.15, -0.1) is 0 Å². The number of hydrogen-bond acceptors (Lipinski definition) is 3. The smallest absolute Gasteiger partial charge is 0.327 e. The van der Waals surface area contributed by atoms with Gasteiger partial charge in [-0.1, -0.05) is 13.3 Å². The van der Waals surface area contributed by atoms with Crippen molar-refractivity contribution < 1.29 is 14.7 Å². The van der Waals surface area contributed by atoms with Gasteiger partial charge < -0.3 is 15.3 Å². The minimum absolute atomic E-state index is 0.288. The maximum absolute atomic E-state index is 11.1. The second-order valence-electron chi connectivity index (χ2n) is 5.10. The van der Waals surface area contributed by atoms with E-state index in [2.05, 4.69) is 17.1 Å². The lowest BCUT2D eigenvalue weighted by Crippen LogP contribution is -2.48. The Balaban J connectivity index is 2.48. The van der Waals surface area contributed by atoms with E-state index in [1.165, 1.54) is 19.8 Å². The van der Waals surface area contributed by atoms with Crippen LogP contribution in [0.3, 0.4) is 0 Å². The Hall–Kier alpha value is -1.10. The molecule has 0 aromatic heterocycles. The molecule has 0 bridgehead atoms. The van der Waals surface area contributed by atoms with E-state index in [0.717, 1.165) is 31.8 Å². The monoisotopic (exact) mass is 256 g/mol. The first-order valence-electron chi connectivity index (χ1n) is 6.75. The third kappa shape index (κ3) is 5.04. The molecule has 0 radical (unpaired) electrons. The molecule has 104 valence electrons. The lowest BCUT2D eigenvalue weighted by molar-refractivity contribution is -0.142. The summed E-state index contributed by atoms with van der Waals surface area (Å²) in [5.41, 5.74) is 0. The van der Waals surface area contributed by atoms with E-state index in [1.807, 2.05) is 0 Å². The maximum atomic E-state index is 11.1. The number of amides is 1. The number of nitrogens with one attached hydrogen (secondary N) is 1. The predicted molar refractivity (Wildman–Crippen MR) is 69.3 cm³/mol. The number of carbonyl (C=O) groups is 2. The molecule has 2 atom stereocenters. The van der Waals surface area contributed by atoms with E-state index in [9.17, 15) is 9.59 Å². The summed E-state index contributed by atoms with van der Waals surface area (Å²) in [4.78, 5) is 24.2. The van der Waals surface area contributed by atoms with Crippen LogP contribution in [0.5, 0.6) is 0 Å². The quantitative estimate of drug-likeness (QED) is 0.772. The zero-order valence-electron chi connectivity index (χ0n) is 11.3. The van der Waals surface area contributed by atoms with Crippen LogP contribution in [0.1, 0.15) is 39.5 Å². The summed E-state index contributed by atoms with van der Waals surface area (Å²) in [7, 11) is 0. The number of likely N-dealkylation sites (tertiary alicyclic amines) is 1. The molecule has 1 fully saturated rings. The Labute approximate surface area is 109 Å². The minimum Gasteiger partial charge on any atom is -0.480 e. The van der Waals surface area contributed by atoms with E-state index in [-0.39, 0.29) is 5.91 Å². The summed E-state index contributed by atoms with van der Waals surface area (Å²) in [5.74, 6) is -0.482. The number of carbonyl (C=O) groups excluding carboxylic acids is 1. The van der Waals surface area contributed by atoms with E-state index < -0.39 is 12.0 Å². The largest absolute Gasteiger partial charge is 0.480 e. The SMILES string of the molecule is CCC1CCCN(CC(NC(C)=O)C(=O)O)CC1. The minimum atomic E-state index is -0.957. The summed E-state index contributed by atoms with van der Waals surface area (Å²) >= 11 is 0. The highest BCUT2D eigenvalue weighted by molar-refractivity contribution is 5.82. The van der Waals surface area contributed by atoms with Crippen LogP contribution in [0.4, 0.5) is 0 Å². The zero-order chi connectivity index (χ0) is 13.5. The Morgan fingerprint density at radius 1 is 1.39 bits per heavy atom. The first kappa shape index (κ1) is 15.0. The zero-order valence-corrected chi connectivity index (χ0v) is 11.3. The average molecular weight is 256 g/mol. The summed E-state index contributed by atoms with van der Waals surface area (Å²) in [5, 5.41) is 11.6. The van der Waals surface area contributed by atoms with Gasteiger partial charge in [-0.25, -0.2) is 4.79 Å². The summed E-state index contributed by atoms with van der Waals surface area (Å²) < 4.78 is 0. The van der Waals surface area contributed by atoms with Crippen molar-refractivity contribution in [2.75, 3.05) is 19.6 Å². The maximum Gasteiger partial charge on any atom is 0.327 e. The summed E-state index contributed by atoms with van der Waals surface area (Å²) in [6.45, 7) is 5.83. The molecule has 0 aromatic carbocycles. The average Bonchev–Trinajstić information content (AvgIpc) is 2.52. The molecule has 1 heterocycles. The molecule has 1 saturated heterocycles. The molecule has 1 rings (SSSR count). The van der Waals surface area contributed by atoms with Crippen LogP contribution in [-0.4, -0.2) is 47.6 Å². The van der Waals surface area contributed by atoms with Crippen LogP contribution in [-0.2, 0) is 9.59 Å². The molecule has 0 saturated carbocycles. The summed E-state index contributed by atoms with van der Waals surface area (Å²) in [6, 6.07) is -0.791. The van der Waals surface area contributed by atoms with Gasteiger partial charge in [0.2, 0.25) is 5.91 Å². The highest BCUT2D eigenvalue weighted by Crippen LogP contribution is 2.20. The molecule has 0 spiro atoms. The fourth-order valence-electron chi connectivity index (χ4n) is 2.50. The van der Waals surface area contributed by atoms with Crippen LogP contribution in [0, 0.1) is 5.92 Å². The first-order chi connectivity index (χ1) is 8.52. The standard InChI is InChI=1S/C13H24N2O3/c1-3-11-5-4-7-15(8-6-11)9-12(13(17)18)14-10(2)16/h11-12H,3-9H2,1-2H3,(H,14,16)(H,17,18). The van der Waals surface area contributed by atoms with Gasteiger partial charge in [0.25, 0.3) is 0 Å². The van der Waals surface area contributed by atoms with Gasteiger partial charge in [-0.3, -0.25) is 4.79 Å². The summed E-state index contributed by atoms with van der Waals surface area (Å²) in [6.07, 6.45) is 4.67. The number of aliphatic carboxylic acids is 1. The lowest BCUT2D eigenvalue weighted by atomic mass is 9.98. The second kappa shape index (κ2) is 7.36. The molecule has 2 N–H and O–H groups in total. The molecule has 1 amide bonds. The number of rotatable bonds is 5. The molecule has 1 aliphatic rings. The van der Waals surface area contributed by atoms with Crippen molar-refractivity contribution in [1.29, 1.82) is 0 Å². The van der Waals surface area contributed by atoms with Gasteiger partial charge >= 0.3 is 5.97 Å². The van der Waals surface area contributed by atoms with Crippen molar-refractivity contribution >= 4 is 11.9 Å². The van der Waals surface area contributed by atoms with E-state index >= 15 is 0 Å². The van der Waals surface area contributed by atoms with Crippen molar-refractivity contribution in [3.63, 3.8) is 0 Å². The van der Waals surface area contributed by atoms with Crippen LogP contribution in [0.2, 0.25) is 0 Å². The van der Waals surface area contributed by atoms with Gasteiger partial charge in [-0.05, 0) is 38.3 Å². The third-order valence-electron chi connectivity index (χ3n) is 3.63. The normalized spacial score (nSPS) is 23.1. The van der Waals surface area contributed by atoms with Crippen molar-refractivity contribution in [2.45, 2.75) is 45.6 Å². The van der Waals surface area contributed by atoms with Gasteiger partial charge in [0, 0.05) is 13.5 Å². The molecule has 18 heavy (non-hydrogen) atoms. The Bertz CT molecular complexity index is 294. The molecule has 5 nitrogen and oxygen atoms in total. The highest BCUT2D eigenvalue weighted by atomic mass is 16.4. The first-order valence-corrected chi connectivity index (χ1v) is 6.75. The van der Waals surface area contributed by atoms with Crippen LogP contribution in [0.15, 0.2) is 0 Å². The Morgan fingerprint density at radius 3 is 2.67 bits per heavy atom. The van der Waals surface area contributed by atoms with E-state index in [4.69, 9.17) is 5.11 Å². The predicted octanol–water partition coefficient (Wildman–Crippen LogP) is 1.09. The molecule has 0 aromatic rings. The van der Waals surface area contributed by atoms with Crippen molar-refractivity contribution in [3.05, 3.63) is 0 Å². The van der Waals surface area contributed by atoms with Crippen LogP contribution >= 0.6 is 0 Å². The van der Waals surface area contributed by atoms with E-state index in [1.54, 1.807) is 0 Å². The van der Waals surface area contributed by atoms with Gasteiger partial charge in [0.15, 0.2) is 0 Å². The molecular weight excluding hydrogens is 232 g/mol. The van der Waals surface area contributed by atoms with Crippen molar-refractivity contribution in [2.24, 2.45) is 5.92 Å². The Morgan fingerprint density at radius 2 is 2.11 bits per heavy atom. The number of nitrogens with zero attached hydrogens (tertiary/aromatic N) is 1. The molecule has 1 aliphatic heterocycles. The fourth-order valence-corrected chi connectivity index (χ4v) is 2.50. The number of hydrogen-bond donors (Lipinski definition) is 2. The topological polar surface area (TPSA) is 69.6 Å². The Kier molecular flexibility index (Phi) is 6.12. The van der Waals surface area contributed by atoms with Gasteiger partial charge in [0.05, 0.1) is 0 Å². The van der Waals surface area contributed by atoms with Crippen molar-refractivity contribution in [3.8, 4) is 0 Å². The van der Waals surface area contributed by atoms with E-state index in [0.29, 0.717) is 6.54 Å². The van der Waals surface area contributed by atoms with Crippen LogP contribution < -0.4 is 5.32 Å². The van der Waals surface area contributed by atoms with Crippen molar-refractivity contribution in [1.82, 2.24) is 10.2 Å². The molecule has 0 aliphatic carbocycles. The molecule has 5 heteroatoms. The molecular formula is C13H24N2O3. The number of carboxylic acid groups (broad SMARTS) is 1. The van der Waals surface area contributed by atoms with Gasteiger partial charge in [0.1, 0.15) is 6.04 Å². The fraction of sp³-hybridized carbons (Fsp3) is 0.846. The van der Waals surface area contributed by atoms with Crippen LogP contribution in [0.25, 0.3) is 0 Å². The van der Waals surface area contributed by atoms with Gasteiger partial charge in [-0.2, -0.15) is 0 Å². The second-order valence-corrected chi connectivity index (χ2v) is 5.10. The lowest BCUT2D eigenvalue weighted by Gasteiger charge is -2.24.